The van der Waals surface area contributed by atoms with Crippen LogP contribution in [0.1, 0.15) is 48.5 Å². The van der Waals surface area contributed by atoms with Gasteiger partial charge in [-0.15, -0.1) is 0 Å². The molecular weight excluding hydrogens is 256 g/mol. The van der Waals surface area contributed by atoms with Gasteiger partial charge in [-0.05, 0) is 25.0 Å². The minimum Gasteiger partial charge on any atom is -0.507 e. The van der Waals surface area contributed by atoms with Crippen LogP contribution in [0.5, 0.6) is 5.75 Å². The Morgan fingerprint density at radius 1 is 1.45 bits per heavy atom. The highest BCUT2D eigenvalue weighted by atomic mass is 16.5. The van der Waals surface area contributed by atoms with Crippen molar-refractivity contribution in [1.82, 2.24) is 0 Å². The van der Waals surface area contributed by atoms with E-state index in [2.05, 4.69) is 6.58 Å². The number of hydrogen-bond acceptors (Lipinski definition) is 4. The summed E-state index contributed by atoms with van der Waals surface area (Å²) in [7, 11) is 0. The molecule has 0 heterocycles. The number of ether oxygens (including phenoxy) is 1. The number of phenols is 1. The second-order valence-corrected chi connectivity index (χ2v) is 4.56. The first-order chi connectivity index (χ1) is 9.52. The third-order valence-corrected chi connectivity index (χ3v) is 3.01. The molecule has 0 saturated heterocycles. The number of ketones is 1. The standard InChI is InChI=1S/C16H20O4/c1-4-7-13(16(19)20-10-5-2)12-8-6-9-14(18)15(12)11(3)17/h5-6,8-9,13,18H,2,4,7,10H2,1,3H3. The van der Waals surface area contributed by atoms with E-state index >= 15 is 0 Å². The highest BCUT2D eigenvalue weighted by Crippen LogP contribution is 2.31. The van der Waals surface area contributed by atoms with E-state index in [9.17, 15) is 14.7 Å². The number of Topliss-reactive ketones (excluding diaryl/α,β-unsaturated/α-hetero) is 1. The van der Waals surface area contributed by atoms with Crippen molar-refractivity contribution in [2.75, 3.05) is 6.61 Å². The van der Waals surface area contributed by atoms with Gasteiger partial charge in [0.05, 0.1) is 11.5 Å². The van der Waals surface area contributed by atoms with Gasteiger partial charge in [0.15, 0.2) is 5.78 Å². The third-order valence-electron chi connectivity index (χ3n) is 3.01. The number of carbonyl (C=O) groups is 2. The van der Waals surface area contributed by atoms with Gasteiger partial charge < -0.3 is 9.84 Å². The van der Waals surface area contributed by atoms with E-state index in [4.69, 9.17) is 4.74 Å². The highest BCUT2D eigenvalue weighted by molar-refractivity contribution is 5.99. The quantitative estimate of drug-likeness (QED) is 0.472. The average Bonchev–Trinajstić information content (AvgIpc) is 2.41. The Bertz CT molecular complexity index is 505. The highest BCUT2D eigenvalue weighted by Gasteiger charge is 2.26. The van der Waals surface area contributed by atoms with Crippen molar-refractivity contribution in [3.63, 3.8) is 0 Å². The lowest BCUT2D eigenvalue weighted by molar-refractivity contribution is -0.144. The number of benzene rings is 1. The Hall–Kier alpha value is -2.10. The zero-order chi connectivity index (χ0) is 15.1. The molecular formula is C16H20O4. The molecule has 1 N–H and O–H groups in total. The molecule has 108 valence electrons. The van der Waals surface area contributed by atoms with Crippen LogP contribution in [0.15, 0.2) is 30.9 Å². The van der Waals surface area contributed by atoms with E-state index in [-0.39, 0.29) is 23.7 Å². The molecule has 0 aliphatic rings. The zero-order valence-corrected chi connectivity index (χ0v) is 11.9. The minimum atomic E-state index is -0.550. The van der Waals surface area contributed by atoms with E-state index in [1.54, 1.807) is 12.1 Å². The van der Waals surface area contributed by atoms with E-state index in [0.29, 0.717) is 12.0 Å². The molecule has 1 unspecified atom stereocenters. The first-order valence-corrected chi connectivity index (χ1v) is 6.63. The number of esters is 1. The molecule has 0 radical (unpaired) electrons. The van der Waals surface area contributed by atoms with Crippen LogP contribution in [0.2, 0.25) is 0 Å². The molecule has 1 aromatic rings. The molecule has 4 nitrogen and oxygen atoms in total. The lowest BCUT2D eigenvalue weighted by Crippen LogP contribution is -2.18. The molecule has 20 heavy (non-hydrogen) atoms. The van der Waals surface area contributed by atoms with Gasteiger partial charge in [0.25, 0.3) is 0 Å². The van der Waals surface area contributed by atoms with Gasteiger partial charge in [-0.3, -0.25) is 9.59 Å². The van der Waals surface area contributed by atoms with Crippen LogP contribution in [0.4, 0.5) is 0 Å². The first-order valence-electron chi connectivity index (χ1n) is 6.63. The predicted octanol–water partition coefficient (Wildman–Crippen LogP) is 3.21. The van der Waals surface area contributed by atoms with Crippen molar-refractivity contribution < 1.29 is 19.4 Å². The average molecular weight is 276 g/mol. The number of hydrogen-bond donors (Lipinski definition) is 1. The van der Waals surface area contributed by atoms with Crippen LogP contribution in [0.25, 0.3) is 0 Å². The fraction of sp³-hybridized carbons (Fsp3) is 0.375. The molecule has 0 aromatic heterocycles. The van der Waals surface area contributed by atoms with Gasteiger partial charge in [-0.25, -0.2) is 0 Å². The largest absolute Gasteiger partial charge is 0.507 e. The molecule has 1 rings (SSSR count). The second kappa shape index (κ2) is 7.48. The van der Waals surface area contributed by atoms with E-state index < -0.39 is 11.9 Å². The summed E-state index contributed by atoms with van der Waals surface area (Å²) in [6, 6.07) is 4.75. The van der Waals surface area contributed by atoms with Crippen LogP contribution in [0, 0.1) is 0 Å². The van der Waals surface area contributed by atoms with Gasteiger partial charge in [0.1, 0.15) is 12.4 Å². The molecule has 1 aromatic carbocycles. The summed E-state index contributed by atoms with van der Waals surface area (Å²) >= 11 is 0. The van der Waals surface area contributed by atoms with Crippen molar-refractivity contribution in [3.8, 4) is 5.75 Å². The molecule has 0 aliphatic carbocycles. The zero-order valence-electron chi connectivity index (χ0n) is 11.9. The fourth-order valence-corrected chi connectivity index (χ4v) is 2.16. The second-order valence-electron chi connectivity index (χ2n) is 4.56. The lowest BCUT2D eigenvalue weighted by atomic mass is 9.89. The van der Waals surface area contributed by atoms with Crippen LogP contribution in [0.3, 0.4) is 0 Å². The van der Waals surface area contributed by atoms with Gasteiger partial charge in [0.2, 0.25) is 0 Å². The van der Waals surface area contributed by atoms with E-state index in [0.717, 1.165) is 6.42 Å². The lowest BCUT2D eigenvalue weighted by Gasteiger charge is -2.18. The number of carbonyl (C=O) groups excluding carboxylic acids is 2. The maximum Gasteiger partial charge on any atom is 0.313 e. The van der Waals surface area contributed by atoms with Crippen LogP contribution in [-0.2, 0) is 9.53 Å². The Morgan fingerprint density at radius 2 is 2.15 bits per heavy atom. The smallest absolute Gasteiger partial charge is 0.313 e. The summed E-state index contributed by atoms with van der Waals surface area (Å²) in [6.45, 7) is 6.95. The van der Waals surface area contributed by atoms with Crippen LogP contribution in [-0.4, -0.2) is 23.5 Å². The summed E-state index contributed by atoms with van der Waals surface area (Å²) in [6.07, 6.45) is 2.82. The van der Waals surface area contributed by atoms with Crippen LogP contribution >= 0.6 is 0 Å². The van der Waals surface area contributed by atoms with Crippen molar-refractivity contribution >= 4 is 11.8 Å². The summed E-state index contributed by atoms with van der Waals surface area (Å²) in [5.41, 5.74) is 0.718. The summed E-state index contributed by atoms with van der Waals surface area (Å²) in [5.74, 6) is -1.32. The molecule has 1 atom stereocenters. The predicted molar refractivity (Wildman–Crippen MR) is 76.9 cm³/mol. The summed E-state index contributed by atoms with van der Waals surface area (Å²) in [4.78, 5) is 23.8. The normalized spacial score (nSPS) is 11.7. The van der Waals surface area contributed by atoms with Gasteiger partial charge in [0, 0.05) is 0 Å². The Kier molecular flexibility index (Phi) is 5.97. The monoisotopic (exact) mass is 276 g/mol. The minimum absolute atomic E-state index is 0.104. The number of rotatable bonds is 7. The molecule has 0 aliphatic heterocycles. The SMILES string of the molecule is C=CCOC(=O)C(CCC)c1cccc(O)c1C(C)=O. The van der Waals surface area contributed by atoms with Crippen molar-refractivity contribution in [3.05, 3.63) is 42.0 Å². The topological polar surface area (TPSA) is 63.6 Å². The number of phenolic OH excluding ortho intramolecular Hbond substituents is 1. The Labute approximate surface area is 119 Å². The molecule has 0 saturated carbocycles. The molecule has 4 heteroatoms. The number of aromatic hydroxyl groups is 1. The van der Waals surface area contributed by atoms with Gasteiger partial charge in [-0.1, -0.05) is 38.1 Å². The van der Waals surface area contributed by atoms with E-state index in [1.165, 1.54) is 19.1 Å². The van der Waals surface area contributed by atoms with Gasteiger partial charge in [-0.2, -0.15) is 0 Å². The Balaban J connectivity index is 3.21. The van der Waals surface area contributed by atoms with Gasteiger partial charge >= 0.3 is 5.97 Å². The van der Waals surface area contributed by atoms with Crippen molar-refractivity contribution in [2.45, 2.75) is 32.6 Å². The fourth-order valence-electron chi connectivity index (χ4n) is 2.16. The molecule has 0 amide bonds. The summed E-state index contributed by atoms with van der Waals surface area (Å²) in [5, 5.41) is 9.85. The summed E-state index contributed by atoms with van der Waals surface area (Å²) < 4.78 is 5.08. The molecule has 0 fully saturated rings. The van der Waals surface area contributed by atoms with Crippen LogP contribution < -0.4 is 0 Å². The Morgan fingerprint density at radius 3 is 2.70 bits per heavy atom. The third kappa shape index (κ3) is 3.70. The first kappa shape index (κ1) is 16.0. The van der Waals surface area contributed by atoms with Crippen molar-refractivity contribution in [1.29, 1.82) is 0 Å². The molecule has 0 bridgehead atoms. The van der Waals surface area contributed by atoms with Crippen molar-refractivity contribution in [2.24, 2.45) is 0 Å². The maximum absolute atomic E-state index is 12.1. The molecule has 0 spiro atoms. The van der Waals surface area contributed by atoms with E-state index in [1.807, 2.05) is 6.92 Å². The maximum atomic E-state index is 12.1.